The second-order valence-electron chi connectivity index (χ2n) is 9.61. The van der Waals surface area contributed by atoms with E-state index >= 15 is 0 Å². The molecule has 4 heteroatoms. The van der Waals surface area contributed by atoms with E-state index in [2.05, 4.69) is 23.0 Å². The van der Waals surface area contributed by atoms with Crippen LogP contribution in [0.3, 0.4) is 0 Å². The van der Waals surface area contributed by atoms with Gasteiger partial charge >= 0.3 is 0 Å². The molecule has 4 nitrogen and oxygen atoms in total. The van der Waals surface area contributed by atoms with Crippen LogP contribution in [0.25, 0.3) is 10.9 Å². The number of pyridine rings is 1. The molecule has 2 bridgehead atoms. The number of fused-ring (bicyclic) bond motifs is 3. The molecule has 3 fully saturated rings. The predicted molar refractivity (Wildman–Crippen MR) is 118 cm³/mol. The van der Waals surface area contributed by atoms with Crippen LogP contribution in [0.2, 0.25) is 0 Å². The highest BCUT2D eigenvalue weighted by molar-refractivity contribution is 5.86. The largest absolute Gasteiger partial charge is 0.489 e. The van der Waals surface area contributed by atoms with Gasteiger partial charge in [0.1, 0.15) is 11.9 Å². The van der Waals surface area contributed by atoms with Crippen LogP contribution in [-0.4, -0.2) is 35.1 Å². The van der Waals surface area contributed by atoms with Crippen molar-refractivity contribution in [2.75, 3.05) is 7.05 Å². The van der Waals surface area contributed by atoms with E-state index in [4.69, 9.17) is 4.74 Å². The average molecular weight is 395 g/mol. The molecular formula is C25H34N2O2. The summed E-state index contributed by atoms with van der Waals surface area (Å²) in [7, 11) is 2.26. The normalized spacial score (nSPS) is 26.9. The summed E-state index contributed by atoms with van der Waals surface area (Å²) in [6, 6.07) is 9.39. The van der Waals surface area contributed by atoms with Crippen molar-refractivity contribution in [3.63, 3.8) is 0 Å². The van der Waals surface area contributed by atoms with E-state index < -0.39 is 0 Å². The fourth-order valence-corrected chi connectivity index (χ4v) is 5.56. The first-order valence-corrected chi connectivity index (χ1v) is 11.7. The highest BCUT2D eigenvalue weighted by Crippen LogP contribution is 2.38. The summed E-state index contributed by atoms with van der Waals surface area (Å²) in [4.78, 5) is 18.6. The number of H-pyrrole nitrogens is 1. The molecule has 3 aliphatic rings. The maximum absolute atomic E-state index is 12.9. The molecule has 2 aliphatic heterocycles. The SMILES string of the molecule is CN1C2CCC1CC(Oc1c(CCCCCC3CC3)c(=O)[nH]c3ccccc13)C2. The Hall–Kier alpha value is -1.81. The molecule has 1 aromatic carbocycles. The van der Waals surface area contributed by atoms with Gasteiger partial charge in [-0.2, -0.15) is 0 Å². The Morgan fingerprint density at radius 3 is 2.55 bits per heavy atom. The quantitative estimate of drug-likeness (QED) is 0.638. The Morgan fingerprint density at radius 2 is 1.79 bits per heavy atom. The summed E-state index contributed by atoms with van der Waals surface area (Å²) in [5.74, 6) is 1.86. The number of piperidine rings is 1. The zero-order valence-corrected chi connectivity index (χ0v) is 17.7. The number of nitrogens with one attached hydrogen (secondary N) is 1. The Bertz CT molecular complexity index is 903. The van der Waals surface area contributed by atoms with Crippen molar-refractivity contribution in [1.82, 2.24) is 9.88 Å². The first kappa shape index (κ1) is 19.2. The third-order valence-corrected chi connectivity index (χ3v) is 7.54. The molecule has 1 N–H and O–H groups in total. The van der Waals surface area contributed by atoms with Crippen LogP contribution in [0.5, 0.6) is 5.75 Å². The molecule has 2 aromatic rings. The molecule has 2 saturated heterocycles. The van der Waals surface area contributed by atoms with E-state index in [9.17, 15) is 4.79 Å². The number of benzene rings is 1. The summed E-state index contributed by atoms with van der Waals surface area (Å²) in [6.45, 7) is 0. The maximum atomic E-state index is 12.9. The molecule has 156 valence electrons. The molecule has 1 saturated carbocycles. The molecule has 1 aromatic heterocycles. The summed E-state index contributed by atoms with van der Waals surface area (Å²) in [5, 5.41) is 1.06. The van der Waals surface area contributed by atoms with Crippen LogP contribution < -0.4 is 10.3 Å². The maximum Gasteiger partial charge on any atom is 0.255 e. The van der Waals surface area contributed by atoms with Crippen LogP contribution in [0.1, 0.15) is 69.8 Å². The average Bonchev–Trinajstić information content (AvgIpc) is 3.51. The van der Waals surface area contributed by atoms with Crippen LogP contribution in [-0.2, 0) is 6.42 Å². The Balaban J connectivity index is 1.36. The van der Waals surface area contributed by atoms with Crippen LogP contribution in [0.15, 0.2) is 29.1 Å². The molecular weight excluding hydrogens is 360 g/mol. The molecule has 5 rings (SSSR count). The number of rotatable bonds is 8. The summed E-state index contributed by atoms with van der Waals surface area (Å²) in [5.41, 5.74) is 1.79. The van der Waals surface area contributed by atoms with Crippen LogP contribution >= 0.6 is 0 Å². The monoisotopic (exact) mass is 394 g/mol. The first-order valence-electron chi connectivity index (χ1n) is 11.7. The minimum Gasteiger partial charge on any atom is -0.489 e. The van der Waals surface area contributed by atoms with Gasteiger partial charge in [-0.15, -0.1) is 0 Å². The van der Waals surface area contributed by atoms with E-state index in [1.807, 2.05) is 18.2 Å². The van der Waals surface area contributed by atoms with Crippen molar-refractivity contribution in [2.45, 2.75) is 88.8 Å². The van der Waals surface area contributed by atoms with E-state index in [1.54, 1.807) is 0 Å². The second-order valence-corrected chi connectivity index (χ2v) is 9.61. The molecule has 0 amide bonds. The lowest BCUT2D eigenvalue weighted by atomic mass is 9.99. The first-order chi connectivity index (χ1) is 14.2. The summed E-state index contributed by atoms with van der Waals surface area (Å²) < 4.78 is 6.67. The van der Waals surface area contributed by atoms with E-state index in [0.29, 0.717) is 12.1 Å². The predicted octanol–water partition coefficient (Wildman–Crippen LogP) is 5.05. The smallest absolute Gasteiger partial charge is 0.255 e. The molecule has 0 radical (unpaired) electrons. The number of aromatic amines is 1. The number of para-hydroxylation sites is 1. The summed E-state index contributed by atoms with van der Waals surface area (Å²) >= 11 is 0. The lowest BCUT2D eigenvalue weighted by Gasteiger charge is -2.36. The number of hydrogen-bond donors (Lipinski definition) is 1. The molecule has 3 heterocycles. The van der Waals surface area contributed by atoms with Gasteiger partial charge in [0.05, 0.1) is 11.1 Å². The van der Waals surface area contributed by atoms with Gasteiger partial charge in [-0.3, -0.25) is 4.79 Å². The Labute approximate surface area is 173 Å². The van der Waals surface area contributed by atoms with Gasteiger partial charge in [-0.25, -0.2) is 0 Å². The second kappa shape index (κ2) is 8.14. The lowest BCUT2D eigenvalue weighted by Crippen LogP contribution is -2.44. The molecule has 2 atom stereocenters. The van der Waals surface area contributed by atoms with E-state index in [0.717, 1.165) is 53.8 Å². The zero-order valence-electron chi connectivity index (χ0n) is 17.7. The van der Waals surface area contributed by atoms with Crippen LogP contribution in [0, 0.1) is 5.92 Å². The van der Waals surface area contributed by atoms with Crippen molar-refractivity contribution in [2.24, 2.45) is 5.92 Å². The van der Waals surface area contributed by atoms with E-state index in [-0.39, 0.29) is 11.7 Å². The molecule has 0 spiro atoms. The number of aromatic nitrogens is 1. The van der Waals surface area contributed by atoms with Gasteiger partial charge in [0, 0.05) is 17.5 Å². The molecule has 2 unspecified atom stereocenters. The highest BCUT2D eigenvalue weighted by Gasteiger charge is 2.39. The van der Waals surface area contributed by atoms with Crippen molar-refractivity contribution in [3.8, 4) is 5.75 Å². The van der Waals surface area contributed by atoms with Gasteiger partial charge in [-0.05, 0) is 63.6 Å². The van der Waals surface area contributed by atoms with Crippen molar-refractivity contribution in [1.29, 1.82) is 0 Å². The van der Waals surface area contributed by atoms with Crippen molar-refractivity contribution < 1.29 is 4.74 Å². The fraction of sp³-hybridized carbons (Fsp3) is 0.640. The molecule has 1 aliphatic carbocycles. The lowest BCUT2D eigenvalue weighted by molar-refractivity contribution is 0.0664. The minimum absolute atomic E-state index is 0.0387. The standard InChI is InChI=1S/C25H34N2O2/c1-27-18-13-14-19(27)16-20(15-18)29-24-21-8-5-6-10-23(21)26-25(28)22(24)9-4-2-3-7-17-11-12-17/h5-6,8,10,17-20H,2-4,7,9,11-16H2,1H3,(H,26,28). The van der Waals surface area contributed by atoms with Crippen molar-refractivity contribution >= 4 is 10.9 Å². The topological polar surface area (TPSA) is 45.3 Å². The molecule has 29 heavy (non-hydrogen) atoms. The van der Waals surface area contributed by atoms with Gasteiger partial charge in [-0.1, -0.05) is 44.2 Å². The van der Waals surface area contributed by atoms with Gasteiger partial charge in [0.25, 0.3) is 5.56 Å². The van der Waals surface area contributed by atoms with Crippen LogP contribution in [0.4, 0.5) is 0 Å². The third-order valence-electron chi connectivity index (χ3n) is 7.54. The fourth-order valence-electron chi connectivity index (χ4n) is 5.56. The van der Waals surface area contributed by atoms with Gasteiger partial charge in [0.2, 0.25) is 0 Å². The zero-order chi connectivity index (χ0) is 19.8. The number of ether oxygens (including phenoxy) is 1. The third kappa shape index (κ3) is 4.09. The van der Waals surface area contributed by atoms with E-state index in [1.165, 1.54) is 44.9 Å². The number of hydrogen-bond acceptors (Lipinski definition) is 3. The Kier molecular flexibility index (Phi) is 5.38. The van der Waals surface area contributed by atoms with Gasteiger partial charge < -0.3 is 14.6 Å². The summed E-state index contributed by atoms with van der Waals surface area (Å²) in [6.07, 6.45) is 13.6. The van der Waals surface area contributed by atoms with Gasteiger partial charge in [0.15, 0.2) is 0 Å². The number of nitrogens with zero attached hydrogens (tertiary/aromatic N) is 1. The Morgan fingerprint density at radius 1 is 1.03 bits per heavy atom. The highest BCUT2D eigenvalue weighted by atomic mass is 16.5. The number of unbranched alkanes of at least 4 members (excludes halogenated alkanes) is 2. The minimum atomic E-state index is 0.0387. The van der Waals surface area contributed by atoms with Crippen molar-refractivity contribution in [3.05, 3.63) is 40.2 Å².